The van der Waals surface area contributed by atoms with Gasteiger partial charge in [-0.2, -0.15) is 18.4 Å². The van der Waals surface area contributed by atoms with Crippen LogP contribution in [0, 0.1) is 11.3 Å². The van der Waals surface area contributed by atoms with Crippen LogP contribution in [0.3, 0.4) is 0 Å². The molecule has 0 aliphatic carbocycles. The molecule has 1 atom stereocenters. The molecule has 1 aromatic carbocycles. The molecule has 0 fully saturated rings. The zero-order chi connectivity index (χ0) is 17.5. The Hall–Kier alpha value is -2.95. The fourth-order valence-corrected chi connectivity index (χ4v) is 2.74. The third-order valence-corrected chi connectivity index (χ3v) is 3.94. The number of nitriles is 1. The summed E-state index contributed by atoms with van der Waals surface area (Å²) in [6.45, 7) is 1.97. The van der Waals surface area contributed by atoms with E-state index in [2.05, 4.69) is 5.10 Å². The molecule has 1 aromatic heterocycles. The largest absolute Gasteiger partial charge is 0.433 e. The molecule has 1 aliphatic heterocycles. The number of hydrogen-bond donors (Lipinski definition) is 2. The quantitative estimate of drug-likeness (QED) is 0.883. The van der Waals surface area contributed by atoms with Gasteiger partial charge in [-0.1, -0.05) is 31.2 Å². The normalized spacial score (nSPS) is 17.2. The maximum absolute atomic E-state index is 13.3. The number of nitrogens with zero attached hydrogens (tertiary/aromatic N) is 2. The number of allylic oxidation sites excluding steroid dienone is 1. The Kier molecular flexibility index (Phi) is 3.72. The number of nitrogens with two attached hydrogens (primary N) is 1. The number of hydrogen-bond acceptors (Lipinski definition) is 4. The van der Waals surface area contributed by atoms with Crippen LogP contribution < -0.4 is 10.5 Å². The second-order valence-corrected chi connectivity index (χ2v) is 5.34. The van der Waals surface area contributed by atoms with Crippen LogP contribution in [0.5, 0.6) is 5.88 Å². The maximum atomic E-state index is 13.3. The molecule has 1 aliphatic rings. The molecule has 2 heterocycles. The van der Waals surface area contributed by atoms with Gasteiger partial charge in [0.1, 0.15) is 17.3 Å². The Morgan fingerprint density at radius 2 is 2.00 bits per heavy atom. The average Bonchev–Trinajstić information content (AvgIpc) is 2.97. The Morgan fingerprint density at radius 1 is 1.33 bits per heavy atom. The lowest BCUT2D eigenvalue weighted by Gasteiger charge is -2.24. The van der Waals surface area contributed by atoms with Gasteiger partial charge in [0.15, 0.2) is 0 Å². The summed E-state index contributed by atoms with van der Waals surface area (Å²) in [5.74, 6) is -1.49. The molecule has 0 radical (unpaired) electrons. The molecule has 3 rings (SSSR count). The third-order valence-electron chi connectivity index (χ3n) is 3.94. The summed E-state index contributed by atoms with van der Waals surface area (Å²) in [4.78, 5) is 0. The number of H-pyrrole nitrogens is 1. The van der Waals surface area contributed by atoms with Crippen molar-refractivity contribution < 1.29 is 17.9 Å². The first-order valence-corrected chi connectivity index (χ1v) is 7.18. The predicted octanol–water partition coefficient (Wildman–Crippen LogP) is 3.21. The van der Waals surface area contributed by atoms with Crippen LogP contribution in [0.25, 0.3) is 0 Å². The number of aryl methyl sites for hydroxylation is 1. The van der Waals surface area contributed by atoms with Gasteiger partial charge < -0.3 is 10.5 Å². The van der Waals surface area contributed by atoms with Crippen molar-refractivity contribution in [3.8, 4) is 11.9 Å². The van der Waals surface area contributed by atoms with Crippen molar-refractivity contribution in [3.05, 3.63) is 58.1 Å². The van der Waals surface area contributed by atoms with Crippen molar-refractivity contribution in [2.24, 2.45) is 5.73 Å². The van der Waals surface area contributed by atoms with Crippen molar-refractivity contribution in [2.75, 3.05) is 0 Å². The molecule has 0 saturated heterocycles. The lowest BCUT2D eigenvalue weighted by Crippen LogP contribution is -2.22. The number of ether oxygens (including phenoxy) is 1. The summed E-state index contributed by atoms with van der Waals surface area (Å²) in [6, 6.07) is 8.86. The van der Waals surface area contributed by atoms with E-state index in [9.17, 15) is 18.4 Å². The number of halogens is 3. The molecule has 24 heavy (non-hydrogen) atoms. The first-order valence-electron chi connectivity index (χ1n) is 7.18. The predicted molar refractivity (Wildman–Crippen MR) is 78.7 cm³/mol. The number of aromatic amines is 1. The van der Waals surface area contributed by atoms with Crippen molar-refractivity contribution >= 4 is 0 Å². The summed E-state index contributed by atoms with van der Waals surface area (Å²) in [7, 11) is 0. The molecular formula is C16H13F3N4O. The highest BCUT2D eigenvalue weighted by Crippen LogP contribution is 2.46. The van der Waals surface area contributed by atoms with E-state index in [0.29, 0.717) is 5.56 Å². The highest BCUT2D eigenvalue weighted by atomic mass is 19.4. The Balaban J connectivity index is 2.22. The fraction of sp³-hybridized carbons (Fsp3) is 0.250. The van der Waals surface area contributed by atoms with E-state index in [0.717, 1.165) is 12.0 Å². The van der Waals surface area contributed by atoms with Crippen molar-refractivity contribution in [1.82, 2.24) is 10.2 Å². The molecule has 2 aromatic rings. The lowest BCUT2D eigenvalue weighted by atomic mass is 9.83. The second-order valence-electron chi connectivity index (χ2n) is 5.34. The summed E-state index contributed by atoms with van der Waals surface area (Å²) in [6.07, 6.45) is -3.86. The van der Waals surface area contributed by atoms with Crippen LogP contribution in [-0.2, 0) is 12.6 Å². The highest BCUT2D eigenvalue weighted by Gasteiger charge is 2.44. The summed E-state index contributed by atoms with van der Waals surface area (Å²) >= 11 is 0. The molecule has 3 N–H and O–H groups in total. The van der Waals surface area contributed by atoms with Gasteiger partial charge in [-0.3, -0.25) is 5.10 Å². The number of aromatic nitrogens is 2. The van der Waals surface area contributed by atoms with Crippen molar-refractivity contribution in [3.63, 3.8) is 0 Å². The van der Waals surface area contributed by atoms with Gasteiger partial charge in [0, 0.05) is 0 Å². The Morgan fingerprint density at radius 3 is 2.54 bits per heavy atom. The van der Waals surface area contributed by atoms with E-state index in [-0.39, 0.29) is 22.9 Å². The monoisotopic (exact) mass is 334 g/mol. The lowest BCUT2D eigenvalue weighted by molar-refractivity contribution is -0.141. The number of benzene rings is 1. The molecular weight excluding hydrogens is 321 g/mol. The molecule has 1 unspecified atom stereocenters. The zero-order valence-corrected chi connectivity index (χ0v) is 12.6. The standard InChI is InChI=1S/C16H13F3N4O/c1-2-8-3-5-9(6-4-8)11-10(7-20)14(21)24-15-12(11)13(22-23-15)16(17,18)19/h3-6,11H,2,21H2,1H3,(H,22,23). The van der Waals surface area contributed by atoms with E-state index >= 15 is 0 Å². The van der Waals surface area contributed by atoms with E-state index in [1.54, 1.807) is 12.1 Å². The van der Waals surface area contributed by atoms with Gasteiger partial charge in [-0.05, 0) is 17.5 Å². The van der Waals surface area contributed by atoms with Gasteiger partial charge in [-0.15, -0.1) is 5.10 Å². The minimum Gasteiger partial charge on any atom is -0.420 e. The van der Waals surface area contributed by atoms with Crippen molar-refractivity contribution in [1.29, 1.82) is 5.26 Å². The third kappa shape index (κ3) is 2.48. The topological polar surface area (TPSA) is 87.7 Å². The average molecular weight is 334 g/mol. The number of rotatable bonds is 2. The fourth-order valence-electron chi connectivity index (χ4n) is 2.74. The molecule has 0 spiro atoms. The van der Waals surface area contributed by atoms with Crippen molar-refractivity contribution in [2.45, 2.75) is 25.4 Å². The Labute approximate surface area is 135 Å². The molecule has 8 heteroatoms. The zero-order valence-electron chi connectivity index (χ0n) is 12.6. The van der Waals surface area contributed by atoms with Crippen LogP contribution in [0.15, 0.2) is 35.7 Å². The van der Waals surface area contributed by atoms with Gasteiger partial charge >= 0.3 is 6.18 Å². The summed E-state index contributed by atoms with van der Waals surface area (Å²) in [5.41, 5.74) is 5.92. The number of fused-ring (bicyclic) bond motifs is 1. The number of nitrogens with one attached hydrogen (secondary N) is 1. The van der Waals surface area contributed by atoms with Crippen LogP contribution in [-0.4, -0.2) is 10.2 Å². The molecule has 0 amide bonds. The minimum atomic E-state index is -4.65. The van der Waals surface area contributed by atoms with Crippen LogP contribution in [0.4, 0.5) is 13.2 Å². The van der Waals surface area contributed by atoms with E-state index in [1.165, 1.54) is 0 Å². The van der Waals surface area contributed by atoms with Crippen LogP contribution in [0.2, 0.25) is 0 Å². The highest BCUT2D eigenvalue weighted by molar-refractivity contribution is 5.55. The van der Waals surface area contributed by atoms with E-state index < -0.39 is 17.8 Å². The van der Waals surface area contributed by atoms with Gasteiger partial charge in [0.25, 0.3) is 0 Å². The maximum Gasteiger partial charge on any atom is 0.433 e. The van der Waals surface area contributed by atoms with E-state index in [1.807, 2.05) is 30.2 Å². The minimum absolute atomic E-state index is 0.0707. The summed E-state index contributed by atoms with van der Waals surface area (Å²) < 4.78 is 45.0. The summed E-state index contributed by atoms with van der Waals surface area (Å²) in [5, 5.41) is 14.9. The SMILES string of the molecule is CCc1ccc(C2C(C#N)=C(N)Oc3n[nH]c(C(F)(F)F)c32)cc1. The van der Waals surface area contributed by atoms with Gasteiger partial charge in [0.2, 0.25) is 11.8 Å². The smallest absolute Gasteiger partial charge is 0.420 e. The van der Waals surface area contributed by atoms with Gasteiger partial charge in [-0.25, -0.2) is 0 Å². The van der Waals surface area contributed by atoms with Crippen LogP contribution in [0.1, 0.15) is 35.2 Å². The molecule has 0 bridgehead atoms. The number of alkyl halides is 3. The Bertz CT molecular complexity index is 844. The second kappa shape index (κ2) is 5.60. The van der Waals surface area contributed by atoms with Gasteiger partial charge in [0.05, 0.1) is 11.5 Å². The first kappa shape index (κ1) is 15.9. The molecule has 5 nitrogen and oxygen atoms in total. The van der Waals surface area contributed by atoms with E-state index in [4.69, 9.17) is 10.5 Å². The van der Waals surface area contributed by atoms with Crippen LogP contribution >= 0.6 is 0 Å². The first-order chi connectivity index (χ1) is 11.4. The molecule has 0 saturated carbocycles. The molecule has 124 valence electrons.